The predicted octanol–water partition coefficient (Wildman–Crippen LogP) is 0.119. The second-order valence-corrected chi connectivity index (χ2v) is 4.94. The molecule has 0 saturated carbocycles. The minimum Gasteiger partial charge on any atom is -0.501 e. The number of hydrogen-bond donors (Lipinski definition) is 2. The molecule has 6 nitrogen and oxygen atoms in total. The lowest BCUT2D eigenvalue weighted by atomic mass is 9.84. The molecule has 0 radical (unpaired) electrons. The Bertz CT molecular complexity index is 546. The van der Waals surface area contributed by atoms with Crippen LogP contribution in [0.5, 0.6) is 5.75 Å². The first-order valence-electron chi connectivity index (χ1n) is 5.48. The lowest BCUT2D eigenvalue weighted by molar-refractivity contribution is 0.0990. The number of aromatic hydroxyl groups is 1. The first kappa shape index (κ1) is 11.6. The van der Waals surface area contributed by atoms with E-state index >= 15 is 0 Å². The number of hydrogen-bond acceptors (Lipinski definition) is 4. The van der Waals surface area contributed by atoms with Gasteiger partial charge in [0.2, 0.25) is 5.75 Å². The summed E-state index contributed by atoms with van der Waals surface area (Å²) < 4.78 is 1.42. The number of carbonyl (C=O) groups is 1. The molecule has 0 aliphatic carbocycles. The maximum Gasteiger partial charge on any atom is 0.296 e. The standard InChI is InChI=1S/C11H15N3O3/c1-11(2)4-3-5-14-9(17)7(15)6(8(12)16)13-10(11)14/h15H,3-5H2,1-2H3,(H2,12,16). The zero-order valence-electron chi connectivity index (χ0n) is 9.86. The largest absolute Gasteiger partial charge is 0.501 e. The monoisotopic (exact) mass is 237 g/mol. The molecule has 17 heavy (non-hydrogen) atoms. The zero-order chi connectivity index (χ0) is 12.8. The minimum absolute atomic E-state index is 0.296. The Morgan fingerprint density at radius 1 is 1.53 bits per heavy atom. The van der Waals surface area contributed by atoms with E-state index in [0.29, 0.717) is 12.4 Å². The van der Waals surface area contributed by atoms with Gasteiger partial charge in [0.05, 0.1) is 0 Å². The van der Waals surface area contributed by atoms with Crippen molar-refractivity contribution >= 4 is 5.91 Å². The fraction of sp³-hybridized carbons (Fsp3) is 0.545. The third-order valence-electron chi connectivity index (χ3n) is 3.17. The quantitative estimate of drug-likeness (QED) is 0.724. The van der Waals surface area contributed by atoms with Crippen LogP contribution in [0.3, 0.4) is 0 Å². The molecule has 0 atom stereocenters. The Kier molecular flexibility index (Phi) is 2.45. The number of nitrogens with two attached hydrogens (primary N) is 1. The van der Waals surface area contributed by atoms with Crippen LogP contribution in [0.2, 0.25) is 0 Å². The summed E-state index contributed by atoms with van der Waals surface area (Å²) in [5, 5.41) is 9.60. The Morgan fingerprint density at radius 3 is 2.76 bits per heavy atom. The van der Waals surface area contributed by atoms with Crippen molar-refractivity contribution in [3.63, 3.8) is 0 Å². The Labute approximate surface area is 98.1 Å². The van der Waals surface area contributed by atoms with Gasteiger partial charge in [-0.1, -0.05) is 13.8 Å². The molecule has 0 fully saturated rings. The number of amides is 1. The number of rotatable bonds is 1. The number of fused-ring (bicyclic) bond motifs is 1. The lowest BCUT2D eigenvalue weighted by Crippen LogP contribution is -2.38. The van der Waals surface area contributed by atoms with E-state index in [0.717, 1.165) is 12.8 Å². The van der Waals surface area contributed by atoms with Crippen LogP contribution in [-0.4, -0.2) is 20.6 Å². The van der Waals surface area contributed by atoms with Gasteiger partial charge in [-0.15, -0.1) is 0 Å². The van der Waals surface area contributed by atoms with Gasteiger partial charge in [-0.3, -0.25) is 14.2 Å². The van der Waals surface area contributed by atoms with Crippen LogP contribution in [0.25, 0.3) is 0 Å². The van der Waals surface area contributed by atoms with Crippen molar-refractivity contribution in [2.45, 2.75) is 38.6 Å². The molecule has 1 aromatic rings. The van der Waals surface area contributed by atoms with E-state index in [4.69, 9.17) is 5.73 Å². The zero-order valence-corrected chi connectivity index (χ0v) is 9.86. The molecule has 92 valence electrons. The summed E-state index contributed by atoms with van der Waals surface area (Å²) in [6, 6.07) is 0. The van der Waals surface area contributed by atoms with Crippen molar-refractivity contribution in [1.82, 2.24) is 9.55 Å². The van der Waals surface area contributed by atoms with Crippen molar-refractivity contribution in [3.05, 3.63) is 21.9 Å². The van der Waals surface area contributed by atoms with Crippen LogP contribution >= 0.6 is 0 Å². The average Bonchev–Trinajstić information content (AvgIpc) is 2.22. The van der Waals surface area contributed by atoms with Crippen LogP contribution in [-0.2, 0) is 12.0 Å². The number of nitrogens with zero attached hydrogens (tertiary/aromatic N) is 2. The minimum atomic E-state index is -0.885. The molecule has 0 aromatic carbocycles. The van der Waals surface area contributed by atoms with E-state index in [1.807, 2.05) is 13.8 Å². The SMILES string of the molecule is CC1(C)CCCn2c1nc(C(N)=O)c(O)c2=O. The molecule has 3 N–H and O–H groups in total. The summed E-state index contributed by atoms with van der Waals surface area (Å²) in [5.74, 6) is -1.02. The molecule has 1 aliphatic heterocycles. The van der Waals surface area contributed by atoms with Crippen molar-refractivity contribution in [2.24, 2.45) is 5.73 Å². The highest BCUT2D eigenvalue weighted by Crippen LogP contribution is 2.31. The summed E-state index contributed by atoms with van der Waals surface area (Å²) in [7, 11) is 0. The average molecular weight is 237 g/mol. The molecule has 1 amide bonds. The van der Waals surface area contributed by atoms with E-state index in [2.05, 4.69) is 4.98 Å². The third kappa shape index (κ3) is 1.69. The Hall–Kier alpha value is -1.85. The summed E-state index contributed by atoms with van der Waals surface area (Å²) in [6.45, 7) is 4.41. The van der Waals surface area contributed by atoms with Crippen molar-refractivity contribution < 1.29 is 9.90 Å². The molecule has 2 heterocycles. The normalized spacial score (nSPS) is 17.5. The summed E-state index contributed by atoms with van der Waals surface area (Å²) in [5.41, 5.74) is 3.88. The van der Waals surface area contributed by atoms with Crippen LogP contribution in [0.15, 0.2) is 4.79 Å². The molecule has 2 rings (SSSR count). The van der Waals surface area contributed by atoms with Gasteiger partial charge in [-0.25, -0.2) is 4.98 Å². The second-order valence-electron chi connectivity index (χ2n) is 4.94. The molecular formula is C11H15N3O3. The van der Waals surface area contributed by atoms with Crippen LogP contribution < -0.4 is 11.3 Å². The van der Waals surface area contributed by atoms with E-state index < -0.39 is 17.2 Å². The highest BCUT2D eigenvalue weighted by molar-refractivity contribution is 5.93. The second kappa shape index (κ2) is 3.58. The van der Waals surface area contributed by atoms with Gasteiger partial charge in [-0.2, -0.15) is 0 Å². The lowest BCUT2D eigenvalue weighted by Gasteiger charge is -2.32. The Balaban J connectivity index is 2.78. The topological polar surface area (TPSA) is 98.2 Å². The van der Waals surface area contributed by atoms with Crippen molar-refractivity contribution in [1.29, 1.82) is 0 Å². The number of primary amides is 1. The highest BCUT2D eigenvalue weighted by Gasteiger charge is 2.32. The van der Waals surface area contributed by atoms with Gasteiger partial charge in [0.25, 0.3) is 11.5 Å². The molecule has 0 unspecified atom stereocenters. The molecule has 6 heteroatoms. The summed E-state index contributed by atoms with van der Waals surface area (Å²) in [4.78, 5) is 27.1. The van der Waals surface area contributed by atoms with Gasteiger partial charge < -0.3 is 10.8 Å². The maximum absolute atomic E-state index is 11.9. The van der Waals surface area contributed by atoms with Crippen LogP contribution in [0, 0.1) is 0 Å². The number of carbonyl (C=O) groups excluding carboxylic acids is 1. The first-order valence-corrected chi connectivity index (χ1v) is 5.48. The van der Waals surface area contributed by atoms with Gasteiger partial charge in [-0.05, 0) is 12.8 Å². The van der Waals surface area contributed by atoms with Gasteiger partial charge in [0.1, 0.15) is 5.82 Å². The molecule has 0 saturated heterocycles. The predicted molar refractivity (Wildman–Crippen MR) is 60.9 cm³/mol. The van der Waals surface area contributed by atoms with Crippen LogP contribution in [0.4, 0.5) is 0 Å². The summed E-state index contributed by atoms with van der Waals surface area (Å²) in [6.07, 6.45) is 1.72. The van der Waals surface area contributed by atoms with Gasteiger partial charge in [0, 0.05) is 12.0 Å². The molecule has 0 spiro atoms. The molecular weight excluding hydrogens is 222 g/mol. The smallest absolute Gasteiger partial charge is 0.296 e. The maximum atomic E-state index is 11.9. The number of aromatic nitrogens is 2. The van der Waals surface area contributed by atoms with Crippen LogP contribution in [0.1, 0.15) is 43.0 Å². The Morgan fingerprint density at radius 2 is 2.18 bits per heavy atom. The van der Waals surface area contributed by atoms with Crippen molar-refractivity contribution in [2.75, 3.05) is 0 Å². The molecule has 1 aliphatic rings. The third-order valence-corrected chi connectivity index (χ3v) is 3.17. The van der Waals surface area contributed by atoms with E-state index in [-0.39, 0.29) is 11.1 Å². The first-order chi connectivity index (χ1) is 7.84. The molecule has 1 aromatic heterocycles. The molecule has 0 bridgehead atoms. The van der Waals surface area contributed by atoms with E-state index in [1.54, 1.807) is 0 Å². The highest BCUT2D eigenvalue weighted by atomic mass is 16.3. The van der Waals surface area contributed by atoms with Gasteiger partial charge in [0.15, 0.2) is 5.69 Å². The van der Waals surface area contributed by atoms with Crippen molar-refractivity contribution in [3.8, 4) is 5.75 Å². The fourth-order valence-corrected chi connectivity index (χ4v) is 2.23. The van der Waals surface area contributed by atoms with Gasteiger partial charge >= 0.3 is 0 Å². The van der Waals surface area contributed by atoms with E-state index in [1.165, 1.54) is 4.57 Å². The summed E-state index contributed by atoms with van der Waals surface area (Å²) >= 11 is 0. The fourth-order valence-electron chi connectivity index (χ4n) is 2.23. The van der Waals surface area contributed by atoms with E-state index in [9.17, 15) is 14.7 Å².